The molecule has 180 valence electrons. The second-order valence-corrected chi connectivity index (χ2v) is 10.3. The maximum Gasteiger partial charge on any atom is 0.230 e. The van der Waals surface area contributed by atoms with Crippen LogP contribution in [0.15, 0.2) is 71.9 Å². The molecule has 0 fully saturated rings. The van der Waals surface area contributed by atoms with Crippen molar-refractivity contribution < 1.29 is 4.79 Å². The molecule has 1 N–H and O–H groups in total. The van der Waals surface area contributed by atoms with Crippen LogP contribution < -0.4 is 5.32 Å². The second kappa shape index (κ2) is 11.5. The van der Waals surface area contributed by atoms with E-state index in [1.54, 1.807) is 18.2 Å². The quantitative estimate of drug-likeness (QED) is 0.234. The van der Waals surface area contributed by atoms with Gasteiger partial charge in [-0.1, -0.05) is 96.8 Å². The number of thioether (sulfide) groups is 1. The van der Waals surface area contributed by atoms with Crippen molar-refractivity contribution in [1.29, 1.82) is 0 Å². The Morgan fingerprint density at radius 1 is 0.971 bits per heavy atom. The fourth-order valence-corrected chi connectivity index (χ4v) is 5.09. The van der Waals surface area contributed by atoms with Gasteiger partial charge in [-0.05, 0) is 47.4 Å². The van der Waals surface area contributed by atoms with Gasteiger partial charge in [0, 0.05) is 22.2 Å². The van der Waals surface area contributed by atoms with Gasteiger partial charge in [0.25, 0.3) is 0 Å². The van der Waals surface area contributed by atoms with Gasteiger partial charge in [-0.25, -0.2) is 0 Å². The summed E-state index contributed by atoms with van der Waals surface area (Å²) in [6.07, 6.45) is 0. The summed E-state index contributed by atoms with van der Waals surface area (Å²) in [5.41, 5.74) is 3.63. The molecule has 9 heteroatoms. The Labute approximate surface area is 223 Å². The summed E-state index contributed by atoms with van der Waals surface area (Å²) in [5.74, 6) is 0.881. The SMILES string of the molecule is CC(C)c1ccccc1-n1c(SCC(=O)NCc2ccccc2Cl)nnc1-c1ccc(Cl)cc1Cl. The van der Waals surface area contributed by atoms with Gasteiger partial charge in [-0.15, -0.1) is 10.2 Å². The van der Waals surface area contributed by atoms with E-state index in [0.717, 1.165) is 16.8 Å². The average Bonchev–Trinajstić information content (AvgIpc) is 3.25. The minimum Gasteiger partial charge on any atom is -0.351 e. The van der Waals surface area contributed by atoms with Gasteiger partial charge in [0.1, 0.15) is 0 Å². The van der Waals surface area contributed by atoms with E-state index in [1.165, 1.54) is 11.8 Å². The molecule has 35 heavy (non-hydrogen) atoms. The number of amides is 1. The summed E-state index contributed by atoms with van der Waals surface area (Å²) in [6.45, 7) is 4.62. The zero-order valence-corrected chi connectivity index (χ0v) is 22.2. The molecule has 0 bridgehead atoms. The van der Waals surface area contributed by atoms with Crippen molar-refractivity contribution in [1.82, 2.24) is 20.1 Å². The number of nitrogens with one attached hydrogen (secondary N) is 1. The van der Waals surface area contributed by atoms with Crippen LogP contribution in [0.1, 0.15) is 30.9 Å². The van der Waals surface area contributed by atoms with E-state index in [0.29, 0.717) is 38.2 Å². The number of carbonyl (C=O) groups is 1. The Kier molecular flexibility index (Phi) is 8.39. The molecular formula is C26H23Cl3N4OS. The fourth-order valence-electron chi connectivity index (χ4n) is 3.62. The van der Waals surface area contributed by atoms with Crippen LogP contribution in [0.5, 0.6) is 0 Å². The van der Waals surface area contributed by atoms with Crippen molar-refractivity contribution in [2.24, 2.45) is 0 Å². The molecule has 4 rings (SSSR count). The minimum atomic E-state index is -0.132. The van der Waals surface area contributed by atoms with Crippen molar-refractivity contribution in [2.45, 2.75) is 31.5 Å². The molecule has 1 aromatic heterocycles. The number of nitrogens with zero attached hydrogens (tertiary/aromatic N) is 3. The Bertz CT molecular complexity index is 1360. The maximum absolute atomic E-state index is 12.6. The summed E-state index contributed by atoms with van der Waals surface area (Å²) in [7, 11) is 0. The number of hydrogen-bond donors (Lipinski definition) is 1. The lowest BCUT2D eigenvalue weighted by Gasteiger charge is -2.17. The summed E-state index contributed by atoms with van der Waals surface area (Å²) in [5, 5.41) is 14.0. The highest BCUT2D eigenvalue weighted by Gasteiger charge is 2.21. The maximum atomic E-state index is 12.6. The molecular weight excluding hydrogens is 523 g/mol. The standard InChI is InChI=1S/C26H23Cl3N4OS/c1-16(2)19-8-4-6-10-23(19)33-25(20-12-11-18(27)13-22(20)29)31-32-26(33)35-15-24(34)30-14-17-7-3-5-9-21(17)28/h3-13,16H,14-15H2,1-2H3,(H,30,34). The first-order valence-corrected chi connectivity index (χ1v) is 13.1. The second-order valence-electron chi connectivity index (χ2n) is 8.14. The zero-order valence-electron chi connectivity index (χ0n) is 19.1. The molecule has 0 atom stereocenters. The summed E-state index contributed by atoms with van der Waals surface area (Å²) in [6, 6.07) is 20.8. The molecule has 0 aliphatic rings. The highest BCUT2D eigenvalue weighted by molar-refractivity contribution is 7.99. The summed E-state index contributed by atoms with van der Waals surface area (Å²) < 4.78 is 1.95. The number of aromatic nitrogens is 3. The monoisotopic (exact) mass is 544 g/mol. The Balaban J connectivity index is 1.64. The Morgan fingerprint density at radius 2 is 1.71 bits per heavy atom. The molecule has 0 spiro atoms. The predicted octanol–water partition coefficient (Wildman–Crippen LogP) is 7.43. The smallest absolute Gasteiger partial charge is 0.230 e. The summed E-state index contributed by atoms with van der Waals surface area (Å²) >= 11 is 20.2. The first-order valence-electron chi connectivity index (χ1n) is 11.0. The van der Waals surface area contributed by atoms with Crippen molar-refractivity contribution in [3.05, 3.63) is 92.9 Å². The molecule has 1 amide bonds. The lowest BCUT2D eigenvalue weighted by atomic mass is 10.0. The number of hydrogen-bond acceptors (Lipinski definition) is 4. The van der Waals surface area contributed by atoms with Gasteiger partial charge in [-0.3, -0.25) is 9.36 Å². The van der Waals surface area contributed by atoms with Crippen LogP contribution in [0.25, 0.3) is 17.1 Å². The normalized spacial score (nSPS) is 11.1. The van der Waals surface area contributed by atoms with Gasteiger partial charge in [-0.2, -0.15) is 0 Å². The highest BCUT2D eigenvalue weighted by Crippen LogP contribution is 2.35. The van der Waals surface area contributed by atoms with E-state index in [2.05, 4.69) is 35.4 Å². The lowest BCUT2D eigenvalue weighted by Crippen LogP contribution is -2.24. The van der Waals surface area contributed by atoms with Crippen LogP contribution in [-0.2, 0) is 11.3 Å². The van der Waals surface area contributed by atoms with Gasteiger partial charge < -0.3 is 5.32 Å². The van der Waals surface area contributed by atoms with E-state index < -0.39 is 0 Å². The van der Waals surface area contributed by atoms with Crippen molar-refractivity contribution in [3.8, 4) is 17.1 Å². The zero-order chi connectivity index (χ0) is 24.9. The van der Waals surface area contributed by atoms with Gasteiger partial charge >= 0.3 is 0 Å². The molecule has 0 unspecified atom stereocenters. The van der Waals surface area contributed by atoms with E-state index in [4.69, 9.17) is 34.8 Å². The van der Waals surface area contributed by atoms with Crippen LogP contribution in [0.4, 0.5) is 0 Å². The van der Waals surface area contributed by atoms with Crippen LogP contribution in [0.3, 0.4) is 0 Å². The number of rotatable bonds is 8. The number of para-hydroxylation sites is 1. The van der Waals surface area contributed by atoms with Crippen LogP contribution in [0.2, 0.25) is 15.1 Å². The largest absolute Gasteiger partial charge is 0.351 e. The van der Waals surface area contributed by atoms with Gasteiger partial charge in [0.15, 0.2) is 11.0 Å². The highest BCUT2D eigenvalue weighted by atomic mass is 35.5. The lowest BCUT2D eigenvalue weighted by molar-refractivity contribution is -0.118. The Morgan fingerprint density at radius 3 is 2.46 bits per heavy atom. The van der Waals surface area contributed by atoms with E-state index in [-0.39, 0.29) is 17.6 Å². The molecule has 0 aliphatic heterocycles. The fraction of sp³-hybridized carbons (Fsp3) is 0.192. The minimum absolute atomic E-state index is 0.132. The van der Waals surface area contributed by atoms with Crippen LogP contribution in [-0.4, -0.2) is 26.4 Å². The topological polar surface area (TPSA) is 59.8 Å². The van der Waals surface area contributed by atoms with Gasteiger partial charge in [0.2, 0.25) is 5.91 Å². The number of halogens is 3. The first-order chi connectivity index (χ1) is 16.8. The number of benzene rings is 3. The third kappa shape index (κ3) is 6.01. The molecule has 0 radical (unpaired) electrons. The molecule has 4 aromatic rings. The van der Waals surface area contributed by atoms with E-state index in [9.17, 15) is 4.79 Å². The van der Waals surface area contributed by atoms with Crippen LogP contribution in [0, 0.1) is 0 Å². The predicted molar refractivity (Wildman–Crippen MR) is 145 cm³/mol. The average molecular weight is 546 g/mol. The van der Waals surface area contributed by atoms with Crippen molar-refractivity contribution in [3.63, 3.8) is 0 Å². The molecule has 0 saturated heterocycles. The third-order valence-corrected chi connectivity index (χ3v) is 7.22. The molecule has 3 aromatic carbocycles. The number of carbonyl (C=O) groups excluding carboxylic acids is 1. The van der Waals surface area contributed by atoms with Crippen LogP contribution >= 0.6 is 46.6 Å². The van der Waals surface area contributed by atoms with Crippen molar-refractivity contribution in [2.75, 3.05) is 5.75 Å². The molecule has 1 heterocycles. The summed E-state index contributed by atoms with van der Waals surface area (Å²) in [4.78, 5) is 12.6. The third-order valence-electron chi connectivity index (χ3n) is 5.37. The molecule has 0 aliphatic carbocycles. The molecule has 0 saturated carbocycles. The van der Waals surface area contributed by atoms with Gasteiger partial charge in [0.05, 0.1) is 16.5 Å². The Hall–Kier alpha value is -2.51. The first kappa shape index (κ1) is 25.6. The van der Waals surface area contributed by atoms with E-state index in [1.807, 2.05) is 47.0 Å². The van der Waals surface area contributed by atoms with Crippen molar-refractivity contribution >= 4 is 52.5 Å². The molecule has 5 nitrogen and oxygen atoms in total. The van der Waals surface area contributed by atoms with E-state index >= 15 is 0 Å².